The smallest absolute Gasteiger partial charge is 0.220 e. The summed E-state index contributed by atoms with van der Waals surface area (Å²) in [7, 11) is 2.97. The fourth-order valence-electron chi connectivity index (χ4n) is 4.18. The summed E-state index contributed by atoms with van der Waals surface area (Å²) in [4.78, 5) is 12.4. The van der Waals surface area contributed by atoms with E-state index in [1.807, 2.05) is 0 Å². The van der Waals surface area contributed by atoms with Gasteiger partial charge in [-0.15, -0.1) is 0 Å². The lowest BCUT2D eigenvalue weighted by Crippen LogP contribution is -2.40. The Hall–Kier alpha value is -1.82. The van der Waals surface area contributed by atoms with Gasteiger partial charge in [0, 0.05) is 30.1 Å². The predicted molar refractivity (Wildman–Crippen MR) is 93.3 cm³/mol. The molecule has 3 unspecified atom stereocenters. The van der Waals surface area contributed by atoms with Crippen molar-refractivity contribution < 1.29 is 18.7 Å². The van der Waals surface area contributed by atoms with Crippen molar-refractivity contribution in [1.29, 1.82) is 0 Å². The van der Waals surface area contributed by atoms with Crippen molar-refractivity contribution in [2.24, 2.45) is 5.92 Å². The van der Waals surface area contributed by atoms with Crippen molar-refractivity contribution in [1.82, 2.24) is 10.6 Å². The molecule has 2 aliphatic rings. The summed E-state index contributed by atoms with van der Waals surface area (Å²) < 4.78 is 24.7. The van der Waals surface area contributed by atoms with Gasteiger partial charge in [-0.2, -0.15) is 0 Å². The quantitative estimate of drug-likeness (QED) is 0.828. The molecule has 2 aliphatic heterocycles. The topological polar surface area (TPSA) is 59.6 Å². The summed E-state index contributed by atoms with van der Waals surface area (Å²) >= 11 is 0. The van der Waals surface area contributed by atoms with Gasteiger partial charge in [-0.05, 0) is 44.6 Å². The minimum atomic E-state index is -0.425. The summed E-state index contributed by atoms with van der Waals surface area (Å²) in [6.45, 7) is 1.79. The Morgan fingerprint density at radius 2 is 1.84 bits per heavy atom. The maximum atomic E-state index is 14.3. The molecule has 5 nitrogen and oxygen atoms in total. The number of methoxy groups -OCH3 is 2. The van der Waals surface area contributed by atoms with Crippen molar-refractivity contribution in [3.05, 3.63) is 23.5 Å². The van der Waals surface area contributed by atoms with Crippen LogP contribution in [0.25, 0.3) is 0 Å². The Labute approximate surface area is 148 Å². The number of hydrogen-bond donors (Lipinski definition) is 2. The van der Waals surface area contributed by atoms with Crippen LogP contribution >= 0.6 is 0 Å². The van der Waals surface area contributed by atoms with Gasteiger partial charge >= 0.3 is 0 Å². The highest BCUT2D eigenvalue weighted by Gasteiger charge is 2.34. The van der Waals surface area contributed by atoms with E-state index in [9.17, 15) is 9.18 Å². The Morgan fingerprint density at radius 3 is 2.44 bits per heavy atom. The molecule has 0 aromatic heterocycles. The fourth-order valence-corrected chi connectivity index (χ4v) is 4.18. The van der Waals surface area contributed by atoms with E-state index in [-0.39, 0.29) is 5.91 Å². The van der Waals surface area contributed by atoms with Crippen LogP contribution < -0.4 is 20.1 Å². The van der Waals surface area contributed by atoms with Crippen LogP contribution in [0.1, 0.15) is 50.6 Å². The summed E-state index contributed by atoms with van der Waals surface area (Å²) in [5, 5.41) is 6.51. The van der Waals surface area contributed by atoms with Gasteiger partial charge in [0.15, 0.2) is 11.5 Å². The molecule has 3 rings (SSSR count). The average molecular weight is 350 g/mol. The molecule has 3 atom stereocenters. The predicted octanol–water partition coefficient (Wildman–Crippen LogP) is 2.94. The zero-order valence-electron chi connectivity index (χ0n) is 15.1. The lowest BCUT2D eigenvalue weighted by Gasteiger charge is -2.29. The first kappa shape index (κ1) is 18.0. The Morgan fingerprint density at radius 1 is 1.24 bits per heavy atom. The second kappa shape index (κ2) is 7.60. The maximum Gasteiger partial charge on any atom is 0.220 e. The number of piperidine rings is 1. The summed E-state index contributed by atoms with van der Waals surface area (Å²) in [5.41, 5.74) is 0.399. The van der Waals surface area contributed by atoms with Crippen LogP contribution in [0.5, 0.6) is 11.5 Å². The maximum absolute atomic E-state index is 14.3. The second-order valence-electron chi connectivity index (χ2n) is 7.20. The first-order chi connectivity index (χ1) is 12.0. The van der Waals surface area contributed by atoms with Gasteiger partial charge in [0.2, 0.25) is 5.91 Å². The van der Waals surface area contributed by atoms with Gasteiger partial charge < -0.3 is 20.1 Å². The molecule has 0 saturated carbocycles. The van der Waals surface area contributed by atoms with Gasteiger partial charge in [-0.1, -0.05) is 0 Å². The molecule has 1 amide bonds. The molecule has 6 heteroatoms. The summed E-state index contributed by atoms with van der Waals surface area (Å²) in [6, 6.07) is 3.59. The molecular weight excluding hydrogens is 323 g/mol. The van der Waals surface area contributed by atoms with Crippen LogP contribution in [0.4, 0.5) is 4.39 Å². The lowest BCUT2D eigenvalue weighted by atomic mass is 9.89. The van der Waals surface area contributed by atoms with E-state index in [1.54, 1.807) is 13.0 Å². The largest absolute Gasteiger partial charge is 0.493 e. The fraction of sp³-hybridized carbons (Fsp3) is 0.632. The Bertz CT molecular complexity index is 625. The molecule has 0 radical (unpaired) electrons. The van der Waals surface area contributed by atoms with Crippen molar-refractivity contribution in [3.63, 3.8) is 0 Å². The van der Waals surface area contributed by atoms with Gasteiger partial charge in [-0.25, -0.2) is 4.39 Å². The molecule has 138 valence electrons. The highest BCUT2D eigenvalue weighted by Crippen LogP contribution is 2.34. The summed E-state index contributed by atoms with van der Waals surface area (Å²) in [6.07, 6.45) is 5.06. The number of hydrogen-bond acceptors (Lipinski definition) is 4. The Kier molecular flexibility index (Phi) is 5.47. The number of fused-ring (bicyclic) bond motifs is 2. The van der Waals surface area contributed by atoms with E-state index in [2.05, 4.69) is 10.6 Å². The number of rotatable bonds is 6. The van der Waals surface area contributed by atoms with Gasteiger partial charge in [0.05, 0.1) is 20.3 Å². The number of benzene rings is 1. The third-order valence-corrected chi connectivity index (χ3v) is 5.39. The van der Waals surface area contributed by atoms with E-state index in [4.69, 9.17) is 9.47 Å². The van der Waals surface area contributed by atoms with Crippen molar-refractivity contribution in [2.45, 2.75) is 57.2 Å². The molecule has 25 heavy (non-hydrogen) atoms. The SMILES string of the molecule is COc1cc(F)c(C(C)NC(=O)CC2CC3CCC(C2)N3)cc1OC. The number of ether oxygens (including phenoxy) is 2. The molecule has 2 bridgehead atoms. The number of carbonyl (C=O) groups excluding carboxylic acids is 1. The number of nitrogens with one attached hydrogen (secondary N) is 2. The van der Waals surface area contributed by atoms with E-state index in [0.717, 1.165) is 12.8 Å². The highest BCUT2D eigenvalue weighted by atomic mass is 19.1. The molecule has 2 fully saturated rings. The van der Waals surface area contributed by atoms with Crippen LogP contribution in [0, 0.1) is 11.7 Å². The molecule has 2 saturated heterocycles. The van der Waals surface area contributed by atoms with Crippen LogP contribution in [0.2, 0.25) is 0 Å². The number of amides is 1. The van der Waals surface area contributed by atoms with E-state index >= 15 is 0 Å². The minimum Gasteiger partial charge on any atom is -0.493 e. The zero-order chi connectivity index (χ0) is 18.0. The van der Waals surface area contributed by atoms with Crippen LogP contribution in [-0.4, -0.2) is 32.2 Å². The molecule has 1 aromatic carbocycles. The Balaban J connectivity index is 1.61. The van der Waals surface area contributed by atoms with Gasteiger partial charge in [0.25, 0.3) is 0 Å². The molecule has 2 N–H and O–H groups in total. The van der Waals surface area contributed by atoms with E-state index in [0.29, 0.717) is 41.5 Å². The zero-order valence-corrected chi connectivity index (χ0v) is 15.1. The van der Waals surface area contributed by atoms with Crippen LogP contribution in [0.3, 0.4) is 0 Å². The molecule has 0 spiro atoms. The monoisotopic (exact) mass is 350 g/mol. The second-order valence-corrected chi connectivity index (χ2v) is 7.20. The van der Waals surface area contributed by atoms with E-state index < -0.39 is 11.9 Å². The summed E-state index contributed by atoms with van der Waals surface area (Å²) in [5.74, 6) is 0.780. The van der Waals surface area contributed by atoms with Crippen LogP contribution in [-0.2, 0) is 4.79 Å². The molecule has 0 aliphatic carbocycles. The highest BCUT2D eigenvalue weighted by molar-refractivity contribution is 5.76. The average Bonchev–Trinajstić information content (AvgIpc) is 2.92. The van der Waals surface area contributed by atoms with Crippen molar-refractivity contribution >= 4 is 5.91 Å². The third-order valence-electron chi connectivity index (χ3n) is 5.39. The number of carbonyl (C=O) groups is 1. The van der Waals surface area contributed by atoms with Crippen molar-refractivity contribution in [3.8, 4) is 11.5 Å². The lowest BCUT2D eigenvalue weighted by molar-refractivity contribution is -0.122. The molecular formula is C19H27FN2O3. The third kappa shape index (κ3) is 4.06. The first-order valence-electron chi connectivity index (χ1n) is 8.97. The van der Waals surface area contributed by atoms with Crippen molar-refractivity contribution in [2.75, 3.05) is 14.2 Å². The number of halogens is 1. The van der Waals surface area contributed by atoms with Gasteiger partial charge in [-0.3, -0.25) is 4.79 Å². The molecule has 2 heterocycles. The molecule has 1 aromatic rings. The minimum absolute atomic E-state index is 0.0204. The van der Waals surface area contributed by atoms with E-state index in [1.165, 1.54) is 33.1 Å². The van der Waals surface area contributed by atoms with Gasteiger partial charge in [0.1, 0.15) is 5.82 Å². The first-order valence-corrected chi connectivity index (χ1v) is 8.97. The normalized spacial score (nSPS) is 26.2. The van der Waals surface area contributed by atoms with Crippen LogP contribution in [0.15, 0.2) is 12.1 Å². The standard InChI is InChI=1S/C19H27FN2O3/c1-11(15-9-17(24-2)18(25-3)10-16(15)20)21-19(23)8-12-6-13-4-5-14(7-12)22-13/h9-14,22H,4-8H2,1-3H3,(H,21,23).